The van der Waals surface area contributed by atoms with Crippen LogP contribution in [-0.2, 0) is 0 Å². The van der Waals surface area contributed by atoms with E-state index in [4.69, 9.17) is 0 Å². The van der Waals surface area contributed by atoms with Crippen molar-refractivity contribution < 1.29 is 14.6 Å². The van der Waals surface area contributed by atoms with Gasteiger partial charge in [0, 0.05) is 18.2 Å². The van der Waals surface area contributed by atoms with E-state index < -0.39 is 27.1 Å². The maximum atomic E-state index is 12.2. The maximum Gasteiger partial charge on any atom is 0.277 e. The number of rotatable bonds is 6. The van der Waals surface area contributed by atoms with Crippen molar-refractivity contribution in [3.05, 3.63) is 62.3 Å². The average molecular weight is 345 g/mol. The molecule has 0 fully saturated rings. The molecule has 0 aliphatic carbocycles. The van der Waals surface area contributed by atoms with Crippen LogP contribution >= 0.6 is 0 Å². The van der Waals surface area contributed by atoms with Gasteiger partial charge in [0.25, 0.3) is 17.3 Å². The highest BCUT2D eigenvalue weighted by Crippen LogP contribution is 2.23. The van der Waals surface area contributed by atoms with Gasteiger partial charge in [0.05, 0.1) is 33.4 Å². The van der Waals surface area contributed by atoms with Gasteiger partial charge in [0.1, 0.15) is 5.82 Å². The molecular weight excluding hydrogens is 330 g/mol. The number of hydrogen-bond acceptors (Lipinski definition) is 7. The van der Waals surface area contributed by atoms with Crippen molar-refractivity contribution >= 4 is 28.8 Å². The van der Waals surface area contributed by atoms with Crippen LogP contribution in [-0.4, -0.2) is 26.8 Å². The van der Waals surface area contributed by atoms with Gasteiger partial charge in [-0.25, -0.2) is 4.98 Å². The van der Waals surface area contributed by atoms with Gasteiger partial charge in [-0.05, 0) is 26.0 Å². The van der Waals surface area contributed by atoms with Gasteiger partial charge in [0.2, 0.25) is 0 Å². The molecular formula is C15H15N5O5. The molecule has 25 heavy (non-hydrogen) atoms. The van der Waals surface area contributed by atoms with Crippen LogP contribution in [0.1, 0.15) is 24.2 Å². The van der Waals surface area contributed by atoms with Gasteiger partial charge in [-0.15, -0.1) is 0 Å². The van der Waals surface area contributed by atoms with E-state index in [9.17, 15) is 25.0 Å². The van der Waals surface area contributed by atoms with Crippen molar-refractivity contribution in [2.45, 2.75) is 19.9 Å². The van der Waals surface area contributed by atoms with E-state index in [1.807, 2.05) is 13.8 Å². The van der Waals surface area contributed by atoms with E-state index in [-0.39, 0.29) is 11.6 Å². The number of non-ortho nitro benzene ring substituents is 2. The Morgan fingerprint density at radius 1 is 1.08 bits per heavy atom. The van der Waals surface area contributed by atoms with Crippen LogP contribution in [0.3, 0.4) is 0 Å². The topological polar surface area (TPSA) is 140 Å². The monoisotopic (exact) mass is 345 g/mol. The highest BCUT2D eigenvalue weighted by Gasteiger charge is 2.20. The molecule has 130 valence electrons. The van der Waals surface area contributed by atoms with Crippen molar-refractivity contribution in [3.8, 4) is 0 Å². The molecule has 2 rings (SSSR count). The number of nitrogens with zero attached hydrogens (tertiary/aromatic N) is 3. The number of aromatic nitrogens is 1. The molecule has 1 heterocycles. The lowest BCUT2D eigenvalue weighted by molar-refractivity contribution is -0.394. The Balaban J connectivity index is 2.22. The maximum absolute atomic E-state index is 12.2. The predicted molar refractivity (Wildman–Crippen MR) is 90.7 cm³/mol. The zero-order valence-electron chi connectivity index (χ0n) is 13.4. The first-order chi connectivity index (χ1) is 11.8. The second kappa shape index (κ2) is 7.34. The van der Waals surface area contributed by atoms with Crippen molar-refractivity contribution in [2.24, 2.45) is 0 Å². The van der Waals surface area contributed by atoms with Gasteiger partial charge < -0.3 is 10.6 Å². The second-order valence-corrected chi connectivity index (χ2v) is 5.44. The normalized spacial score (nSPS) is 10.4. The Morgan fingerprint density at radius 2 is 1.68 bits per heavy atom. The molecule has 0 unspecified atom stereocenters. The number of anilines is 2. The molecule has 10 heteroatoms. The van der Waals surface area contributed by atoms with Crippen molar-refractivity contribution in [2.75, 3.05) is 10.6 Å². The lowest BCUT2D eigenvalue weighted by Crippen LogP contribution is -2.14. The summed E-state index contributed by atoms with van der Waals surface area (Å²) in [6.45, 7) is 3.90. The number of nitro benzene ring substituents is 2. The van der Waals surface area contributed by atoms with Crippen LogP contribution < -0.4 is 10.6 Å². The predicted octanol–water partition coefficient (Wildman–Crippen LogP) is 2.97. The fraction of sp³-hybridized carbons (Fsp3) is 0.200. The van der Waals surface area contributed by atoms with Gasteiger partial charge in [0.15, 0.2) is 0 Å². The summed E-state index contributed by atoms with van der Waals surface area (Å²) in [6.07, 6.45) is 1.41. The first kappa shape index (κ1) is 17.8. The molecule has 10 nitrogen and oxygen atoms in total. The van der Waals surface area contributed by atoms with Crippen molar-refractivity contribution in [3.63, 3.8) is 0 Å². The number of carbonyl (C=O) groups excluding carboxylic acids is 1. The summed E-state index contributed by atoms with van der Waals surface area (Å²) in [7, 11) is 0. The Kier molecular flexibility index (Phi) is 5.22. The third kappa shape index (κ3) is 4.70. The third-order valence-corrected chi connectivity index (χ3v) is 3.04. The Hall–Kier alpha value is -3.56. The number of nitro groups is 2. The molecule has 2 N–H and O–H groups in total. The summed E-state index contributed by atoms with van der Waals surface area (Å²) in [5.41, 5.74) is -0.901. The van der Waals surface area contributed by atoms with Crippen LogP contribution in [0.25, 0.3) is 0 Å². The van der Waals surface area contributed by atoms with E-state index in [1.54, 1.807) is 12.1 Å². The second-order valence-electron chi connectivity index (χ2n) is 5.44. The molecule has 2 aromatic rings. The summed E-state index contributed by atoms with van der Waals surface area (Å²) in [4.78, 5) is 36.5. The zero-order chi connectivity index (χ0) is 18.6. The van der Waals surface area contributed by atoms with Gasteiger partial charge in [-0.2, -0.15) is 0 Å². The Labute approximate surface area is 142 Å². The lowest BCUT2D eigenvalue weighted by atomic mass is 10.1. The molecule has 0 aliphatic heterocycles. The lowest BCUT2D eigenvalue weighted by Gasteiger charge is -2.10. The minimum absolute atomic E-state index is 0.190. The largest absolute Gasteiger partial charge is 0.368 e. The first-order valence-electron chi connectivity index (χ1n) is 7.24. The third-order valence-electron chi connectivity index (χ3n) is 3.04. The molecule has 0 aliphatic rings. The number of hydrogen-bond donors (Lipinski definition) is 2. The fourth-order valence-electron chi connectivity index (χ4n) is 1.99. The fourth-order valence-corrected chi connectivity index (χ4v) is 1.99. The SMILES string of the molecule is CC(C)Nc1ccc(NC(=O)c2cc([N+](=O)[O-])cc([N+](=O)[O-])c2)cn1. The molecule has 0 radical (unpaired) electrons. The number of pyridine rings is 1. The van der Waals surface area contributed by atoms with Crippen LogP contribution in [0, 0.1) is 20.2 Å². The molecule has 0 saturated heterocycles. The Bertz CT molecular complexity index is 787. The molecule has 1 aromatic carbocycles. The van der Waals surface area contributed by atoms with Crippen LogP contribution in [0.2, 0.25) is 0 Å². The van der Waals surface area contributed by atoms with Crippen LogP contribution in [0.15, 0.2) is 36.5 Å². The highest BCUT2D eigenvalue weighted by molar-refractivity contribution is 6.05. The minimum Gasteiger partial charge on any atom is -0.368 e. The van der Waals surface area contributed by atoms with Crippen LogP contribution in [0.4, 0.5) is 22.9 Å². The summed E-state index contributed by atoms with van der Waals surface area (Å²) >= 11 is 0. The van der Waals surface area contributed by atoms with Crippen molar-refractivity contribution in [1.29, 1.82) is 0 Å². The molecule has 1 aromatic heterocycles. The standard InChI is InChI=1S/C15H15N5O5/c1-9(2)17-14-4-3-11(8-16-14)18-15(21)10-5-12(19(22)23)7-13(6-10)20(24)25/h3-9H,1-2H3,(H,16,17)(H,18,21). The molecule has 0 atom stereocenters. The number of nitrogens with one attached hydrogen (secondary N) is 2. The smallest absolute Gasteiger partial charge is 0.277 e. The zero-order valence-corrected chi connectivity index (χ0v) is 13.4. The summed E-state index contributed by atoms with van der Waals surface area (Å²) in [6, 6.07) is 6.20. The number of carbonyl (C=O) groups is 1. The van der Waals surface area contributed by atoms with Gasteiger partial charge in [-0.1, -0.05) is 0 Å². The molecule has 0 saturated carbocycles. The van der Waals surface area contributed by atoms with Gasteiger partial charge in [-0.3, -0.25) is 25.0 Å². The highest BCUT2D eigenvalue weighted by atomic mass is 16.6. The quantitative estimate of drug-likeness (QED) is 0.605. The van der Waals surface area contributed by atoms with E-state index >= 15 is 0 Å². The van der Waals surface area contributed by atoms with E-state index in [0.717, 1.165) is 18.2 Å². The van der Waals surface area contributed by atoms with E-state index in [0.29, 0.717) is 11.5 Å². The van der Waals surface area contributed by atoms with Gasteiger partial charge >= 0.3 is 0 Å². The van der Waals surface area contributed by atoms with Crippen LogP contribution in [0.5, 0.6) is 0 Å². The Morgan fingerprint density at radius 3 is 2.12 bits per heavy atom. The van der Waals surface area contributed by atoms with E-state index in [2.05, 4.69) is 15.6 Å². The summed E-state index contributed by atoms with van der Waals surface area (Å²) in [5.74, 6) is -0.0860. The summed E-state index contributed by atoms with van der Waals surface area (Å²) in [5, 5.41) is 27.3. The molecule has 1 amide bonds. The average Bonchev–Trinajstić information content (AvgIpc) is 2.55. The molecule has 0 spiro atoms. The number of amides is 1. The van der Waals surface area contributed by atoms with Crippen molar-refractivity contribution in [1.82, 2.24) is 4.98 Å². The first-order valence-corrected chi connectivity index (χ1v) is 7.24. The number of benzene rings is 1. The summed E-state index contributed by atoms with van der Waals surface area (Å²) < 4.78 is 0. The van der Waals surface area contributed by atoms with E-state index in [1.165, 1.54) is 6.20 Å². The molecule has 0 bridgehead atoms. The minimum atomic E-state index is -0.794.